The Bertz CT molecular complexity index is 753. The summed E-state index contributed by atoms with van der Waals surface area (Å²) in [5.74, 6) is -0.180. The molecule has 0 N–H and O–H groups in total. The fourth-order valence-electron chi connectivity index (χ4n) is 2.05. The van der Waals surface area contributed by atoms with Gasteiger partial charge in [0.15, 0.2) is 0 Å². The highest BCUT2D eigenvalue weighted by Crippen LogP contribution is 2.26. The topological polar surface area (TPSA) is 61.8 Å². The first-order valence-corrected chi connectivity index (χ1v) is 8.65. The van der Waals surface area contributed by atoms with Crippen LogP contribution in [-0.4, -0.2) is 24.6 Å². The molecule has 0 aliphatic carbocycles. The Morgan fingerprint density at radius 2 is 1.72 bits per heavy atom. The quantitative estimate of drug-likeness (QED) is 0.516. The van der Waals surface area contributed by atoms with E-state index in [1.165, 1.54) is 0 Å². The third kappa shape index (κ3) is 5.32. The molecule has 0 heterocycles. The molecule has 2 rings (SSSR count). The van der Waals surface area contributed by atoms with Crippen molar-refractivity contribution in [3.05, 3.63) is 58.1 Å². The van der Waals surface area contributed by atoms with E-state index in [2.05, 4.69) is 15.9 Å². The molecule has 6 heteroatoms. The number of carbonyl (C=O) groups excluding carboxylic acids is 2. The highest BCUT2D eigenvalue weighted by atomic mass is 79.9. The standard InChI is InChI=1S/C19H19BrO5/c1-4-23-18(21)13-5-8-15(9-6-13)25-19(22)16-11-14(20)7-10-17(16)24-12(2)3/h5-12H,4H2,1-3H3. The van der Waals surface area contributed by atoms with Crippen molar-refractivity contribution in [3.63, 3.8) is 0 Å². The highest BCUT2D eigenvalue weighted by molar-refractivity contribution is 9.10. The Morgan fingerprint density at radius 3 is 2.32 bits per heavy atom. The minimum atomic E-state index is -0.541. The number of hydrogen-bond acceptors (Lipinski definition) is 5. The Labute approximate surface area is 155 Å². The molecule has 0 spiro atoms. The third-order valence-electron chi connectivity index (χ3n) is 3.10. The normalized spacial score (nSPS) is 10.4. The van der Waals surface area contributed by atoms with Crippen molar-refractivity contribution in [2.45, 2.75) is 26.9 Å². The van der Waals surface area contributed by atoms with Crippen molar-refractivity contribution in [1.29, 1.82) is 0 Å². The molecule has 0 aliphatic rings. The monoisotopic (exact) mass is 406 g/mol. The third-order valence-corrected chi connectivity index (χ3v) is 3.59. The van der Waals surface area contributed by atoms with Gasteiger partial charge in [-0.3, -0.25) is 0 Å². The molecule has 0 atom stereocenters. The molecule has 0 unspecified atom stereocenters. The second-order valence-corrected chi connectivity index (χ2v) is 6.36. The lowest BCUT2D eigenvalue weighted by Gasteiger charge is -2.14. The molecule has 0 fully saturated rings. The van der Waals surface area contributed by atoms with Gasteiger partial charge in [-0.25, -0.2) is 9.59 Å². The molecule has 2 aromatic carbocycles. The first kappa shape index (κ1) is 19.0. The van der Waals surface area contributed by atoms with Crippen LogP contribution in [-0.2, 0) is 4.74 Å². The van der Waals surface area contributed by atoms with Crippen LogP contribution in [0.3, 0.4) is 0 Å². The average Bonchev–Trinajstić information content (AvgIpc) is 2.57. The van der Waals surface area contributed by atoms with E-state index in [4.69, 9.17) is 14.2 Å². The van der Waals surface area contributed by atoms with Crippen molar-refractivity contribution in [2.24, 2.45) is 0 Å². The lowest BCUT2D eigenvalue weighted by atomic mass is 10.2. The van der Waals surface area contributed by atoms with Crippen LogP contribution in [0.15, 0.2) is 46.9 Å². The molecule has 5 nitrogen and oxygen atoms in total. The van der Waals surface area contributed by atoms with E-state index in [0.717, 1.165) is 4.47 Å². The summed E-state index contributed by atoms with van der Waals surface area (Å²) >= 11 is 3.34. The molecular weight excluding hydrogens is 388 g/mol. The average molecular weight is 407 g/mol. The zero-order valence-electron chi connectivity index (χ0n) is 14.2. The van der Waals surface area contributed by atoms with Crippen LogP contribution in [0.1, 0.15) is 41.5 Å². The zero-order chi connectivity index (χ0) is 18.4. The van der Waals surface area contributed by atoms with E-state index >= 15 is 0 Å². The predicted molar refractivity (Wildman–Crippen MR) is 97.3 cm³/mol. The van der Waals surface area contributed by atoms with Crippen molar-refractivity contribution in [1.82, 2.24) is 0 Å². The van der Waals surface area contributed by atoms with E-state index in [1.54, 1.807) is 49.4 Å². The van der Waals surface area contributed by atoms with Crippen LogP contribution in [0, 0.1) is 0 Å². The molecule has 2 aromatic rings. The summed E-state index contributed by atoms with van der Waals surface area (Å²) in [4.78, 5) is 24.1. The molecule has 25 heavy (non-hydrogen) atoms. The number of rotatable bonds is 6. The van der Waals surface area contributed by atoms with Gasteiger partial charge in [0.05, 0.1) is 18.3 Å². The first-order valence-electron chi connectivity index (χ1n) is 7.86. The van der Waals surface area contributed by atoms with E-state index in [-0.39, 0.29) is 6.10 Å². The summed E-state index contributed by atoms with van der Waals surface area (Å²) in [5, 5.41) is 0. The van der Waals surface area contributed by atoms with Gasteiger partial charge in [0.2, 0.25) is 0 Å². The molecular formula is C19H19BrO5. The van der Waals surface area contributed by atoms with Gasteiger partial charge in [-0.05, 0) is 63.2 Å². The fraction of sp³-hybridized carbons (Fsp3) is 0.263. The number of halogens is 1. The Kier molecular flexibility index (Phi) is 6.58. The molecule has 0 bridgehead atoms. The Morgan fingerprint density at radius 1 is 1.04 bits per heavy atom. The molecule has 0 aromatic heterocycles. The summed E-state index contributed by atoms with van der Waals surface area (Å²) < 4.78 is 16.7. The predicted octanol–water partition coefficient (Wildman–Crippen LogP) is 4.63. The minimum Gasteiger partial charge on any atom is -0.490 e. The second kappa shape index (κ2) is 8.67. The van der Waals surface area contributed by atoms with Gasteiger partial charge in [-0.1, -0.05) is 15.9 Å². The molecule has 0 saturated carbocycles. The van der Waals surface area contributed by atoms with Crippen molar-refractivity contribution < 1.29 is 23.8 Å². The van der Waals surface area contributed by atoms with E-state index in [0.29, 0.717) is 29.2 Å². The summed E-state index contributed by atoms with van der Waals surface area (Å²) in [7, 11) is 0. The highest BCUT2D eigenvalue weighted by Gasteiger charge is 2.17. The number of carbonyl (C=O) groups is 2. The van der Waals surface area contributed by atoms with Crippen LogP contribution >= 0.6 is 15.9 Å². The number of benzene rings is 2. The summed E-state index contributed by atoms with van der Waals surface area (Å²) in [5.41, 5.74) is 0.713. The summed E-state index contributed by atoms with van der Waals surface area (Å²) in [6.45, 7) is 5.80. The first-order chi connectivity index (χ1) is 11.9. The van der Waals surface area contributed by atoms with E-state index < -0.39 is 11.9 Å². The smallest absolute Gasteiger partial charge is 0.347 e. The molecule has 132 valence electrons. The Balaban J connectivity index is 2.17. The lowest BCUT2D eigenvalue weighted by Crippen LogP contribution is -2.14. The van der Waals surface area contributed by atoms with Gasteiger partial charge in [-0.2, -0.15) is 0 Å². The SMILES string of the molecule is CCOC(=O)c1ccc(OC(=O)c2cc(Br)ccc2OC(C)C)cc1. The fourth-order valence-corrected chi connectivity index (χ4v) is 2.42. The van der Waals surface area contributed by atoms with Gasteiger partial charge < -0.3 is 14.2 Å². The molecule has 0 radical (unpaired) electrons. The largest absolute Gasteiger partial charge is 0.490 e. The van der Waals surface area contributed by atoms with Gasteiger partial charge in [-0.15, -0.1) is 0 Å². The molecule has 0 saturated heterocycles. The van der Waals surface area contributed by atoms with Crippen molar-refractivity contribution >= 4 is 27.9 Å². The maximum Gasteiger partial charge on any atom is 0.347 e. The van der Waals surface area contributed by atoms with E-state index in [9.17, 15) is 9.59 Å². The number of hydrogen-bond donors (Lipinski definition) is 0. The maximum atomic E-state index is 12.5. The lowest BCUT2D eigenvalue weighted by molar-refractivity contribution is 0.0526. The maximum absolute atomic E-state index is 12.5. The summed E-state index contributed by atoms with van der Waals surface area (Å²) in [6, 6.07) is 11.3. The second-order valence-electron chi connectivity index (χ2n) is 5.44. The zero-order valence-corrected chi connectivity index (χ0v) is 15.8. The number of ether oxygens (including phenoxy) is 3. The van der Waals surface area contributed by atoms with Gasteiger partial charge in [0, 0.05) is 4.47 Å². The van der Waals surface area contributed by atoms with Gasteiger partial charge in [0.25, 0.3) is 0 Å². The van der Waals surface area contributed by atoms with Crippen LogP contribution in [0.5, 0.6) is 11.5 Å². The molecule has 0 amide bonds. The Hall–Kier alpha value is -2.34. The van der Waals surface area contributed by atoms with Crippen LogP contribution < -0.4 is 9.47 Å². The van der Waals surface area contributed by atoms with Crippen LogP contribution in [0.2, 0.25) is 0 Å². The number of esters is 2. The minimum absolute atomic E-state index is 0.0726. The van der Waals surface area contributed by atoms with Crippen LogP contribution in [0.25, 0.3) is 0 Å². The summed E-state index contributed by atoms with van der Waals surface area (Å²) in [6.07, 6.45) is -0.0726. The van der Waals surface area contributed by atoms with Gasteiger partial charge in [0.1, 0.15) is 17.1 Å². The van der Waals surface area contributed by atoms with Crippen molar-refractivity contribution in [2.75, 3.05) is 6.61 Å². The van der Waals surface area contributed by atoms with E-state index in [1.807, 2.05) is 13.8 Å². The molecule has 0 aliphatic heterocycles. The van der Waals surface area contributed by atoms with Gasteiger partial charge >= 0.3 is 11.9 Å². The van der Waals surface area contributed by atoms with Crippen molar-refractivity contribution in [3.8, 4) is 11.5 Å². The van der Waals surface area contributed by atoms with Crippen LogP contribution in [0.4, 0.5) is 0 Å².